The minimum atomic E-state index is -0.819. The van der Waals surface area contributed by atoms with Gasteiger partial charge in [0, 0.05) is 12.6 Å². The Hall–Kier alpha value is -1.56. The number of alkyl carbamates (subject to hydrolysis) is 1. The van der Waals surface area contributed by atoms with Crippen LogP contribution in [0.3, 0.4) is 0 Å². The third-order valence-electron chi connectivity index (χ3n) is 2.77. The molecule has 0 aliphatic carbocycles. The number of rotatable bonds is 4. The average molecular weight is 242 g/mol. The van der Waals surface area contributed by atoms with Crippen molar-refractivity contribution in [2.75, 3.05) is 20.2 Å². The summed E-state index contributed by atoms with van der Waals surface area (Å²) in [6.45, 7) is 4.13. The van der Waals surface area contributed by atoms with E-state index < -0.39 is 18.1 Å². The fourth-order valence-corrected chi connectivity index (χ4v) is 1.92. The van der Waals surface area contributed by atoms with E-state index >= 15 is 0 Å². The standard InChI is InChI=1S/C11H18N2O4/c1-3-6-17-11(16)12-8-4-5-9(10(14)15)13(2)7-8/h3,8-9H,1,4-7H2,2H3,(H,12,16)(H,14,15). The van der Waals surface area contributed by atoms with Crippen molar-refractivity contribution in [2.24, 2.45) is 0 Å². The largest absolute Gasteiger partial charge is 0.480 e. The molecule has 1 fully saturated rings. The topological polar surface area (TPSA) is 78.9 Å². The van der Waals surface area contributed by atoms with Crippen molar-refractivity contribution in [1.29, 1.82) is 0 Å². The predicted octanol–water partition coefficient (Wildman–Crippen LogP) is 0.446. The summed E-state index contributed by atoms with van der Waals surface area (Å²) < 4.78 is 4.80. The van der Waals surface area contributed by atoms with Gasteiger partial charge in [0.2, 0.25) is 0 Å². The number of hydrogen-bond acceptors (Lipinski definition) is 4. The second kappa shape index (κ2) is 6.24. The molecule has 6 nitrogen and oxygen atoms in total. The lowest BCUT2D eigenvalue weighted by Gasteiger charge is -2.34. The Bertz CT molecular complexity index is 306. The first-order valence-corrected chi connectivity index (χ1v) is 5.51. The van der Waals surface area contributed by atoms with E-state index in [9.17, 15) is 9.59 Å². The monoisotopic (exact) mass is 242 g/mol. The maximum absolute atomic E-state index is 11.3. The van der Waals surface area contributed by atoms with Gasteiger partial charge in [-0.15, -0.1) is 0 Å². The van der Waals surface area contributed by atoms with Crippen molar-refractivity contribution in [3.8, 4) is 0 Å². The lowest BCUT2D eigenvalue weighted by Crippen LogP contribution is -2.52. The van der Waals surface area contributed by atoms with E-state index in [-0.39, 0.29) is 12.6 Å². The van der Waals surface area contributed by atoms with Crippen molar-refractivity contribution in [3.05, 3.63) is 12.7 Å². The summed E-state index contributed by atoms with van der Waals surface area (Å²) in [5.74, 6) is -0.819. The molecule has 1 amide bonds. The van der Waals surface area contributed by atoms with Crippen LogP contribution in [0.4, 0.5) is 4.79 Å². The fourth-order valence-electron chi connectivity index (χ4n) is 1.92. The molecule has 0 radical (unpaired) electrons. The number of likely N-dealkylation sites (tertiary alicyclic amines) is 1. The summed E-state index contributed by atoms with van der Waals surface area (Å²) in [7, 11) is 1.74. The Morgan fingerprint density at radius 3 is 2.82 bits per heavy atom. The highest BCUT2D eigenvalue weighted by Crippen LogP contribution is 2.15. The summed E-state index contributed by atoms with van der Waals surface area (Å²) >= 11 is 0. The third kappa shape index (κ3) is 4.07. The number of likely N-dealkylation sites (N-methyl/N-ethyl adjacent to an activating group) is 1. The molecule has 0 saturated carbocycles. The summed E-state index contributed by atoms with van der Waals surface area (Å²) in [4.78, 5) is 23.9. The molecule has 6 heteroatoms. The lowest BCUT2D eigenvalue weighted by molar-refractivity contribution is -0.144. The van der Waals surface area contributed by atoms with E-state index in [0.717, 1.165) is 0 Å². The van der Waals surface area contributed by atoms with Crippen molar-refractivity contribution in [2.45, 2.75) is 24.9 Å². The molecule has 0 aromatic heterocycles. The van der Waals surface area contributed by atoms with E-state index in [0.29, 0.717) is 19.4 Å². The maximum Gasteiger partial charge on any atom is 0.407 e. The van der Waals surface area contributed by atoms with E-state index in [1.807, 2.05) is 0 Å². The van der Waals surface area contributed by atoms with Gasteiger partial charge in [-0.1, -0.05) is 12.7 Å². The second-order valence-electron chi connectivity index (χ2n) is 4.10. The molecule has 0 spiro atoms. The quantitative estimate of drug-likeness (QED) is 0.700. The van der Waals surface area contributed by atoms with Crippen LogP contribution in [0.5, 0.6) is 0 Å². The van der Waals surface area contributed by atoms with Crippen LogP contribution in [-0.2, 0) is 9.53 Å². The number of carbonyl (C=O) groups excluding carboxylic acids is 1. The van der Waals surface area contributed by atoms with Crippen LogP contribution < -0.4 is 5.32 Å². The molecule has 1 saturated heterocycles. The number of aliphatic carboxylic acids is 1. The first-order valence-electron chi connectivity index (χ1n) is 5.51. The highest BCUT2D eigenvalue weighted by molar-refractivity contribution is 5.73. The van der Waals surface area contributed by atoms with Crippen molar-refractivity contribution in [3.63, 3.8) is 0 Å². The van der Waals surface area contributed by atoms with Crippen LogP contribution in [0.25, 0.3) is 0 Å². The van der Waals surface area contributed by atoms with E-state index in [4.69, 9.17) is 9.84 Å². The Kier molecular flexibility index (Phi) is 4.96. The molecule has 1 aliphatic rings. The first kappa shape index (κ1) is 13.5. The van der Waals surface area contributed by atoms with Crippen molar-refractivity contribution in [1.82, 2.24) is 10.2 Å². The van der Waals surface area contributed by atoms with Crippen LogP contribution in [0, 0.1) is 0 Å². The lowest BCUT2D eigenvalue weighted by atomic mass is 9.99. The molecule has 2 unspecified atom stereocenters. The van der Waals surface area contributed by atoms with Gasteiger partial charge < -0.3 is 15.2 Å². The van der Waals surface area contributed by atoms with Gasteiger partial charge in [0.1, 0.15) is 12.6 Å². The van der Waals surface area contributed by atoms with Gasteiger partial charge in [-0.3, -0.25) is 9.69 Å². The molecule has 1 heterocycles. The summed E-state index contributed by atoms with van der Waals surface area (Å²) in [5.41, 5.74) is 0. The van der Waals surface area contributed by atoms with E-state index in [1.54, 1.807) is 11.9 Å². The number of piperidine rings is 1. The number of nitrogens with one attached hydrogen (secondary N) is 1. The Morgan fingerprint density at radius 1 is 1.59 bits per heavy atom. The number of amides is 1. The smallest absolute Gasteiger partial charge is 0.407 e. The molecule has 96 valence electrons. The molecule has 1 rings (SSSR count). The zero-order valence-electron chi connectivity index (χ0n) is 9.89. The van der Waals surface area contributed by atoms with Gasteiger partial charge in [0.15, 0.2) is 0 Å². The van der Waals surface area contributed by atoms with Crippen LogP contribution in [-0.4, -0.2) is 54.4 Å². The van der Waals surface area contributed by atoms with Gasteiger partial charge in [-0.2, -0.15) is 0 Å². The zero-order chi connectivity index (χ0) is 12.8. The van der Waals surface area contributed by atoms with Gasteiger partial charge in [-0.25, -0.2) is 4.79 Å². The van der Waals surface area contributed by atoms with E-state index in [2.05, 4.69) is 11.9 Å². The van der Waals surface area contributed by atoms with Gasteiger partial charge in [0.05, 0.1) is 0 Å². The molecule has 17 heavy (non-hydrogen) atoms. The van der Waals surface area contributed by atoms with Crippen LogP contribution >= 0.6 is 0 Å². The van der Waals surface area contributed by atoms with Crippen molar-refractivity contribution < 1.29 is 19.4 Å². The molecule has 2 N–H and O–H groups in total. The minimum absolute atomic E-state index is 0.0621. The normalized spacial score (nSPS) is 25.0. The highest BCUT2D eigenvalue weighted by atomic mass is 16.5. The molecular formula is C11H18N2O4. The molecule has 1 aliphatic heterocycles. The summed E-state index contributed by atoms with van der Waals surface area (Å²) in [6.07, 6.45) is 2.17. The third-order valence-corrected chi connectivity index (χ3v) is 2.77. The average Bonchev–Trinajstić information content (AvgIpc) is 2.26. The zero-order valence-corrected chi connectivity index (χ0v) is 9.89. The number of carbonyl (C=O) groups is 2. The van der Waals surface area contributed by atoms with E-state index in [1.165, 1.54) is 6.08 Å². The number of nitrogens with zero attached hydrogens (tertiary/aromatic N) is 1. The molecule has 2 atom stereocenters. The summed E-state index contributed by atoms with van der Waals surface area (Å²) in [6, 6.07) is -0.523. The minimum Gasteiger partial charge on any atom is -0.480 e. The number of hydrogen-bond donors (Lipinski definition) is 2. The number of ether oxygens (including phenoxy) is 1. The van der Waals surface area contributed by atoms with Crippen LogP contribution in [0.2, 0.25) is 0 Å². The van der Waals surface area contributed by atoms with Crippen molar-refractivity contribution >= 4 is 12.1 Å². The van der Waals surface area contributed by atoms with Gasteiger partial charge in [0.25, 0.3) is 0 Å². The number of carboxylic acid groups (broad SMARTS) is 1. The molecular weight excluding hydrogens is 224 g/mol. The fraction of sp³-hybridized carbons (Fsp3) is 0.636. The second-order valence-corrected chi connectivity index (χ2v) is 4.10. The van der Waals surface area contributed by atoms with Gasteiger partial charge >= 0.3 is 12.1 Å². The summed E-state index contributed by atoms with van der Waals surface area (Å²) in [5, 5.41) is 11.6. The van der Waals surface area contributed by atoms with Gasteiger partial charge in [-0.05, 0) is 19.9 Å². The van der Waals surface area contributed by atoms with Crippen LogP contribution in [0.1, 0.15) is 12.8 Å². The maximum atomic E-state index is 11.3. The predicted molar refractivity (Wildman–Crippen MR) is 61.8 cm³/mol. The van der Waals surface area contributed by atoms with Crippen LogP contribution in [0.15, 0.2) is 12.7 Å². The Morgan fingerprint density at radius 2 is 2.29 bits per heavy atom. The molecule has 0 aromatic rings. The molecule has 0 bridgehead atoms. The Balaban J connectivity index is 2.36. The SMILES string of the molecule is C=CCOC(=O)NC1CCC(C(=O)O)N(C)C1. The highest BCUT2D eigenvalue weighted by Gasteiger charge is 2.31. The number of carboxylic acids is 1. The molecule has 0 aromatic carbocycles. The first-order chi connectivity index (χ1) is 8.04. The Labute approximate surface area is 100 Å².